The predicted molar refractivity (Wildman–Crippen MR) is 131 cm³/mol. The molecule has 13 heteroatoms. The second kappa shape index (κ2) is 11.6. The lowest BCUT2D eigenvalue weighted by Crippen LogP contribution is -2.57. The molecular formula is C26H25F6N5O2. The number of ether oxygens (including phenoxy) is 1. The highest BCUT2D eigenvalue weighted by molar-refractivity contribution is 6.07. The topological polar surface area (TPSA) is 88.2 Å². The zero-order chi connectivity index (χ0) is 28.1. The van der Waals surface area contributed by atoms with Gasteiger partial charge in [-0.1, -0.05) is 12.1 Å². The Morgan fingerprint density at radius 1 is 0.974 bits per heavy atom. The lowest BCUT2D eigenvalue weighted by atomic mass is 9.91. The van der Waals surface area contributed by atoms with Gasteiger partial charge >= 0.3 is 12.4 Å². The molecular weight excluding hydrogens is 528 g/mol. The Hall–Kier alpha value is -3.71. The van der Waals surface area contributed by atoms with Crippen molar-refractivity contribution >= 4 is 17.4 Å². The van der Waals surface area contributed by atoms with E-state index in [9.17, 15) is 31.1 Å². The number of hydrogen-bond donors (Lipinski definition) is 3. The van der Waals surface area contributed by atoms with Crippen molar-refractivity contribution < 1.29 is 35.9 Å². The second-order valence-corrected chi connectivity index (χ2v) is 8.92. The summed E-state index contributed by atoms with van der Waals surface area (Å²) < 4.78 is 89.0. The minimum Gasteiger partial charge on any atom is -0.365 e. The highest BCUT2D eigenvalue weighted by Gasteiger charge is 2.73. The number of halogens is 6. The summed E-state index contributed by atoms with van der Waals surface area (Å²) in [6, 6.07) is 9.18. The summed E-state index contributed by atoms with van der Waals surface area (Å²) in [7, 11) is 0. The van der Waals surface area contributed by atoms with Crippen LogP contribution in [-0.2, 0) is 16.9 Å². The number of carbonyl (C=O) groups excluding carboxylic acids is 1. The van der Waals surface area contributed by atoms with Gasteiger partial charge in [-0.05, 0) is 61.3 Å². The highest BCUT2D eigenvalue weighted by Crippen LogP contribution is 2.53. The fourth-order valence-corrected chi connectivity index (χ4v) is 4.26. The molecule has 1 saturated heterocycles. The molecule has 208 valence electrons. The molecule has 1 aliphatic rings. The minimum atomic E-state index is -5.79. The lowest BCUT2D eigenvalue weighted by Gasteiger charge is -2.38. The predicted octanol–water partition coefficient (Wildman–Crippen LogP) is 5.43. The van der Waals surface area contributed by atoms with Gasteiger partial charge in [-0.2, -0.15) is 26.3 Å². The molecule has 3 heterocycles. The van der Waals surface area contributed by atoms with Gasteiger partial charge in [0.2, 0.25) is 0 Å². The van der Waals surface area contributed by atoms with Crippen LogP contribution in [0.1, 0.15) is 34.3 Å². The van der Waals surface area contributed by atoms with E-state index < -0.39 is 42.1 Å². The van der Waals surface area contributed by atoms with E-state index in [1.165, 1.54) is 18.3 Å². The van der Waals surface area contributed by atoms with E-state index in [0.717, 1.165) is 17.7 Å². The molecule has 3 aromatic rings. The van der Waals surface area contributed by atoms with Crippen LogP contribution in [0.3, 0.4) is 0 Å². The number of rotatable bonds is 9. The second-order valence-electron chi connectivity index (χ2n) is 8.92. The van der Waals surface area contributed by atoms with E-state index in [-0.39, 0.29) is 17.1 Å². The number of hydrogen-bond acceptors (Lipinski definition) is 6. The lowest BCUT2D eigenvalue weighted by molar-refractivity contribution is -0.390. The Bertz CT molecular complexity index is 1230. The number of nitrogens with one attached hydrogen (secondary N) is 3. The molecule has 1 amide bonds. The van der Waals surface area contributed by atoms with E-state index >= 15 is 0 Å². The van der Waals surface area contributed by atoms with E-state index in [0.29, 0.717) is 38.1 Å². The molecule has 0 aliphatic carbocycles. The number of nitrogens with zero attached hydrogens (tertiary/aromatic N) is 2. The van der Waals surface area contributed by atoms with Crippen LogP contribution in [0.2, 0.25) is 0 Å². The van der Waals surface area contributed by atoms with Crippen molar-refractivity contribution in [2.45, 2.75) is 43.4 Å². The summed E-state index contributed by atoms with van der Waals surface area (Å²) in [5, 5.41) is 8.34. The Morgan fingerprint density at radius 3 is 2.28 bits per heavy atom. The third-order valence-corrected chi connectivity index (χ3v) is 6.27. The normalized spacial score (nSPS) is 16.2. The fourth-order valence-electron chi connectivity index (χ4n) is 4.26. The number of carbonyl (C=O) groups is 1. The van der Waals surface area contributed by atoms with Crippen molar-refractivity contribution in [1.82, 2.24) is 15.3 Å². The highest BCUT2D eigenvalue weighted by atomic mass is 19.4. The van der Waals surface area contributed by atoms with Gasteiger partial charge in [0.25, 0.3) is 11.5 Å². The number of amides is 1. The molecule has 39 heavy (non-hydrogen) atoms. The van der Waals surface area contributed by atoms with Gasteiger partial charge in [0.05, 0.1) is 12.2 Å². The van der Waals surface area contributed by atoms with Crippen LogP contribution in [0, 0.1) is 0 Å². The van der Waals surface area contributed by atoms with E-state index in [4.69, 9.17) is 0 Å². The molecule has 7 nitrogen and oxygen atoms in total. The molecule has 0 bridgehead atoms. The molecule has 1 fully saturated rings. The van der Waals surface area contributed by atoms with Crippen LogP contribution in [0.15, 0.2) is 67.1 Å². The average molecular weight is 554 g/mol. The smallest absolute Gasteiger partial charge is 0.365 e. The van der Waals surface area contributed by atoms with E-state index in [2.05, 4.69) is 30.7 Å². The minimum absolute atomic E-state index is 0.0107. The Balaban J connectivity index is 1.53. The molecule has 1 aliphatic heterocycles. The molecule has 4 rings (SSSR count). The summed E-state index contributed by atoms with van der Waals surface area (Å²) in [6.07, 6.45) is -5.87. The molecule has 0 spiro atoms. The largest absolute Gasteiger partial charge is 0.430 e. The van der Waals surface area contributed by atoms with Gasteiger partial charge in [0, 0.05) is 42.4 Å². The standard InChI is InChI=1S/C26H25F6N5O2/c27-25(28,29)24(26(30,31)32,39-16-20-3-1-11-34-20)18-5-7-19(8-6-18)37-23(38)21-4-2-12-35-22(21)36-15-17-9-13-33-14-10-17/h2,4-10,12-14,20,34H,1,3,11,15-16H2,(H,35,36)(H,37,38)/t20-/m0/s1. The van der Waals surface area contributed by atoms with Crippen molar-refractivity contribution in [2.75, 3.05) is 23.8 Å². The van der Waals surface area contributed by atoms with Gasteiger partial charge < -0.3 is 20.7 Å². The first-order chi connectivity index (χ1) is 18.5. The van der Waals surface area contributed by atoms with Gasteiger partial charge in [-0.15, -0.1) is 0 Å². The van der Waals surface area contributed by atoms with Crippen LogP contribution >= 0.6 is 0 Å². The summed E-state index contributed by atoms with van der Waals surface area (Å²) in [5.41, 5.74) is -4.67. The number of benzene rings is 1. The van der Waals surface area contributed by atoms with Crippen LogP contribution in [0.4, 0.5) is 37.8 Å². The molecule has 1 atom stereocenters. The van der Waals surface area contributed by atoms with Crippen LogP contribution in [0.25, 0.3) is 0 Å². The first-order valence-corrected chi connectivity index (χ1v) is 12.0. The fraction of sp³-hybridized carbons (Fsp3) is 0.346. The van der Waals surface area contributed by atoms with Gasteiger partial charge in [0.1, 0.15) is 5.82 Å². The third-order valence-electron chi connectivity index (χ3n) is 6.27. The van der Waals surface area contributed by atoms with Gasteiger partial charge in [-0.25, -0.2) is 4.98 Å². The molecule has 0 saturated carbocycles. The van der Waals surface area contributed by atoms with Crippen molar-refractivity contribution in [3.8, 4) is 0 Å². The van der Waals surface area contributed by atoms with Crippen molar-refractivity contribution in [1.29, 1.82) is 0 Å². The maximum Gasteiger partial charge on any atom is 0.430 e. The maximum atomic E-state index is 14.1. The molecule has 0 unspecified atom stereocenters. The monoisotopic (exact) mass is 553 g/mol. The Labute approximate surface area is 220 Å². The summed E-state index contributed by atoms with van der Waals surface area (Å²) in [4.78, 5) is 21.0. The molecule has 3 N–H and O–H groups in total. The maximum absolute atomic E-state index is 14.1. The average Bonchev–Trinajstić information content (AvgIpc) is 3.42. The van der Waals surface area contributed by atoms with Crippen molar-refractivity contribution in [3.05, 3.63) is 83.8 Å². The first-order valence-electron chi connectivity index (χ1n) is 12.0. The van der Waals surface area contributed by atoms with Gasteiger partial charge in [-0.3, -0.25) is 9.78 Å². The van der Waals surface area contributed by atoms with E-state index in [1.807, 2.05) is 0 Å². The first kappa shape index (κ1) is 28.3. The summed E-state index contributed by atoms with van der Waals surface area (Å²) >= 11 is 0. The molecule has 0 radical (unpaired) electrons. The third kappa shape index (κ3) is 6.31. The molecule has 1 aromatic carbocycles. The van der Waals surface area contributed by atoms with Crippen LogP contribution in [-0.4, -0.2) is 47.4 Å². The summed E-state index contributed by atoms with van der Waals surface area (Å²) in [6.45, 7) is 0.0565. The Morgan fingerprint density at radius 2 is 1.67 bits per heavy atom. The summed E-state index contributed by atoms with van der Waals surface area (Å²) in [5.74, 6) is -0.417. The van der Waals surface area contributed by atoms with Crippen LogP contribution < -0.4 is 16.0 Å². The Kier molecular flexibility index (Phi) is 8.40. The number of anilines is 2. The quantitative estimate of drug-likeness (QED) is 0.307. The molecule has 2 aromatic heterocycles. The number of aromatic nitrogens is 2. The van der Waals surface area contributed by atoms with Crippen molar-refractivity contribution in [2.24, 2.45) is 0 Å². The number of pyridine rings is 2. The zero-order valence-corrected chi connectivity index (χ0v) is 20.4. The van der Waals surface area contributed by atoms with E-state index in [1.54, 1.807) is 24.5 Å². The SMILES string of the molecule is O=C(Nc1ccc(C(OC[C@@H]2CCCN2)(C(F)(F)F)C(F)(F)F)cc1)c1cccnc1NCc1ccncc1. The van der Waals surface area contributed by atoms with Gasteiger partial charge in [0.15, 0.2) is 0 Å². The van der Waals surface area contributed by atoms with Crippen molar-refractivity contribution in [3.63, 3.8) is 0 Å². The van der Waals surface area contributed by atoms with Crippen LogP contribution in [0.5, 0.6) is 0 Å². The number of alkyl halides is 6. The zero-order valence-electron chi connectivity index (χ0n) is 20.4.